The second kappa shape index (κ2) is 7.43. The van der Waals surface area contributed by atoms with Gasteiger partial charge in [0.1, 0.15) is 0 Å². The molecule has 0 unspecified atom stereocenters. The first-order valence-corrected chi connectivity index (χ1v) is 8.15. The Morgan fingerprint density at radius 2 is 2.16 bits per heavy atom. The van der Waals surface area contributed by atoms with Crippen molar-refractivity contribution in [2.24, 2.45) is 0 Å². The summed E-state index contributed by atoms with van der Waals surface area (Å²) >= 11 is 0. The van der Waals surface area contributed by atoms with Gasteiger partial charge >= 0.3 is 5.97 Å². The Bertz CT molecular complexity index is 781. The molecule has 0 atom stereocenters. The molecule has 0 saturated carbocycles. The molecule has 1 fully saturated rings. The minimum absolute atomic E-state index is 0.0326. The topological polar surface area (TPSA) is 106 Å². The lowest BCUT2D eigenvalue weighted by Gasteiger charge is -2.22. The van der Waals surface area contributed by atoms with E-state index in [0.29, 0.717) is 24.6 Å². The number of nitrogens with zero attached hydrogens (tertiary/aromatic N) is 3. The van der Waals surface area contributed by atoms with Crippen LogP contribution in [0.1, 0.15) is 51.0 Å². The van der Waals surface area contributed by atoms with Crippen molar-refractivity contribution in [3.63, 3.8) is 0 Å². The van der Waals surface area contributed by atoms with Crippen molar-refractivity contribution in [1.29, 1.82) is 0 Å². The van der Waals surface area contributed by atoms with Crippen LogP contribution in [0.2, 0.25) is 0 Å². The molecule has 25 heavy (non-hydrogen) atoms. The molecule has 2 N–H and O–H groups in total. The molecule has 0 aromatic carbocycles. The van der Waals surface area contributed by atoms with Crippen LogP contribution in [0.3, 0.4) is 0 Å². The SMILES string of the molecule is Cc1cn(C2CCOCC2)nc1C(=O)NCc1ncccc1C(=O)O. The van der Waals surface area contributed by atoms with E-state index in [9.17, 15) is 9.59 Å². The van der Waals surface area contributed by atoms with Crippen LogP contribution in [0.4, 0.5) is 0 Å². The lowest BCUT2D eigenvalue weighted by Crippen LogP contribution is -2.26. The number of aromatic nitrogens is 3. The standard InChI is InChI=1S/C17H20N4O4/c1-11-10-21(12-4-7-25-8-5-12)20-15(11)16(22)19-9-14-13(17(23)24)3-2-6-18-14/h2-3,6,10,12H,4-5,7-9H2,1H3,(H,19,22)(H,23,24). The number of carbonyl (C=O) groups excluding carboxylic acids is 1. The summed E-state index contributed by atoms with van der Waals surface area (Å²) in [6, 6.07) is 3.25. The van der Waals surface area contributed by atoms with Crippen LogP contribution >= 0.6 is 0 Å². The maximum Gasteiger partial charge on any atom is 0.337 e. The van der Waals surface area contributed by atoms with Gasteiger partial charge in [-0.25, -0.2) is 4.79 Å². The summed E-state index contributed by atoms with van der Waals surface area (Å²) in [4.78, 5) is 27.7. The van der Waals surface area contributed by atoms with Crippen LogP contribution in [0.15, 0.2) is 24.5 Å². The summed E-state index contributed by atoms with van der Waals surface area (Å²) in [6.07, 6.45) is 5.11. The van der Waals surface area contributed by atoms with Crippen molar-refractivity contribution in [3.8, 4) is 0 Å². The zero-order chi connectivity index (χ0) is 17.8. The van der Waals surface area contributed by atoms with E-state index < -0.39 is 5.97 Å². The van der Waals surface area contributed by atoms with Crippen LogP contribution in [0.25, 0.3) is 0 Å². The Kier molecular flexibility index (Phi) is 5.08. The quantitative estimate of drug-likeness (QED) is 0.853. The minimum Gasteiger partial charge on any atom is -0.478 e. The molecule has 3 rings (SSSR count). The van der Waals surface area contributed by atoms with E-state index >= 15 is 0 Å². The third-order valence-corrected chi connectivity index (χ3v) is 4.23. The van der Waals surface area contributed by atoms with E-state index in [0.717, 1.165) is 18.4 Å². The number of nitrogens with one attached hydrogen (secondary N) is 1. The maximum atomic E-state index is 12.4. The van der Waals surface area contributed by atoms with Crippen molar-refractivity contribution < 1.29 is 19.4 Å². The smallest absolute Gasteiger partial charge is 0.337 e. The highest BCUT2D eigenvalue weighted by Gasteiger charge is 2.21. The number of pyridine rings is 1. The molecule has 1 saturated heterocycles. The number of aryl methyl sites for hydroxylation is 1. The summed E-state index contributed by atoms with van der Waals surface area (Å²) in [5.74, 6) is -1.41. The van der Waals surface area contributed by atoms with Crippen molar-refractivity contribution in [1.82, 2.24) is 20.1 Å². The molecule has 1 aliphatic heterocycles. The highest BCUT2D eigenvalue weighted by molar-refractivity contribution is 5.94. The van der Waals surface area contributed by atoms with Crippen LogP contribution in [-0.2, 0) is 11.3 Å². The first-order valence-electron chi connectivity index (χ1n) is 8.15. The van der Waals surface area contributed by atoms with Gasteiger partial charge in [-0.1, -0.05) is 0 Å². The molecule has 132 valence electrons. The van der Waals surface area contributed by atoms with Crippen molar-refractivity contribution in [2.45, 2.75) is 32.4 Å². The number of carbonyl (C=O) groups is 2. The van der Waals surface area contributed by atoms with Gasteiger partial charge in [0, 0.05) is 31.2 Å². The molecule has 0 aliphatic carbocycles. The molecule has 0 spiro atoms. The van der Waals surface area contributed by atoms with Gasteiger partial charge in [0.05, 0.1) is 23.8 Å². The Labute approximate surface area is 144 Å². The van der Waals surface area contributed by atoms with E-state index in [1.165, 1.54) is 12.3 Å². The fraction of sp³-hybridized carbons (Fsp3) is 0.412. The molecular formula is C17H20N4O4. The highest BCUT2D eigenvalue weighted by atomic mass is 16.5. The number of hydrogen-bond donors (Lipinski definition) is 2. The van der Waals surface area contributed by atoms with Crippen molar-refractivity contribution in [3.05, 3.63) is 47.0 Å². The Morgan fingerprint density at radius 3 is 2.88 bits per heavy atom. The molecule has 1 aliphatic rings. The van der Waals surface area contributed by atoms with Gasteiger partial charge in [0.15, 0.2) is 5.69 Å². The predicted molar refractivity (Wildman–Crippen MR) is 88.4 cm³/mol. The van der Waals surface area contributed by atoms with Gasteiger partial charge in [0.2, 0.25) is 0 Å². The van der Waals surface area contributed by atoms with Gasteiger partial charge in [-0.15, -0.1) is 0 Å². The molecule has 1 amide bonds. The van der Waals surface area contributed by atoms with Crippen LogP contribution in [-0.4, -0.2) is 45.0 Å². The van der Waals surface area contributed by atoms with E-state index in [1.807, 2.05) is 17.8 Å². The third kappa shape index (κ3) is 3.85. The number of aromatic carboxylic acids is 1. The fourth-order valence-electron chi connectivity index (χ4n) is 2.87. The number of carboxylic acids is 1. The van der Waals surface area contributed by atoms with Gasteiger partial charge in [-0.3, -0.25) is 14.5 Å². The number of rotatable bonds is 5. The predicted octanol–water partition coefficient (Wildman–Crippen LogP) is 1.57. The van der Waals surface area contributed by atoms with Crippen LogP contribution in [0, 0.1) is 6.92 Å². The third-order valence-electron chi connectivity index (χ3n) is 4.23. The van der Waals surface area contributed by atoms with Gasteiger partial charge in [-0.2, -0.15) is 5.10 Å². The molecule has 8 heteroatoms. The lowest BCUT2D eigenvalue weighted by molar-refractivity contribution is 0.0659. The first kappa shape index (κ1) is 17.1. The summed E-state index contributed by atoms with van der Waals surface area (Å²) in [5, 5.41) is 16.3. The fourth-order valence-corrected chi connectivity index (χ4v) is 2.87. The lowest BCUT2D eigenvalue weighted by atomic mass is 10.1. The number of amides is 1. The Balaban J connectivity index is 1.69. The second-order valence-corrected chi connectivity index (χ2v) is 5.97. The van der Waals surface area contributed by atoms with E-state index in [4.69, 9.17) is 9.84 Å². The van der Waals surface area contributed by atoms with E-state index in [1.54, 1.807) is 6.07 Å². The molecule has 2 aromatic heterocycles. The van der Waals surface area contributed by atoms with Crippen LogP contribution < -0.4 is 5.32 Å². The molecular weight excluding hydrogens is 324 g/mol. The monoisotopic (exact) mass is 344 g/mol. The highest BCUT2D eigenvalue weighted by Crippen LogP contribution is 2.21. The molecule has 0 bridgehead atoms. The molecule has 8 nitrogen and oxygen atoms in total. The number of hydrogen-bond acceptors (Lipinski definition) is 5. The molecule has 2 aromatic rings. The van der Waals surface area contributed by atoms with Gasteiger partial charge in [-0.05, 0) is 31.9 Å². The number of carboxylic acid groups (broad SMARTS) is 1. The van der Waals surface area contributed by atoms with Crippen molar-refractivity contribution in [2.75, 3.05) is 13.2 Å². The maximum absolute atomic E-state index is 12.4. The average Bonchev–Trinajstić information content (AvgIpc) is 3.02. The van der Waals surface area contributed by atoms with E-state index in [2.05, 4.69) is 15.4 Å². The molecule has 0 radical (unpaired) electrons. The second-order valence-electron chi connectivity index (χ2n) is 5.97. The van der Waals surface area contributed by atoms with E-state index in [-0.39, 0.29) is 24.1 Å². The van der Waals surface area contributed by atoms with Gasteiger partial charge in [0.25, 0.3) is 5.91 Å². The first-order chi connectivity index (χ1) is 12.1. The summed E-state index contributed by atoms with van der Waals surface area (Å²) in [5.41, 5.74) is 1.51. The Hall–Kier alpha value is -2.74. The summed E-state index contributed by atoms with van der Waals surface area (Å²) < 4.78 is 7.18. The zero-order valence-electron chi connectivity index (χ0n) is 13.9. The summed E-state index contributed by atoms with van der Waals surface area (Å²) in [7, 11) is 0. The normalized spacial score (nSPS) is 15.1. The summed E-state index contributed by atoms with van der Waals surface area (Å²) in [6.45, 7) is 3.26. The number of ether oxygens (including phenoxy) is 1. The molecule has 3 heterocycles. The largest absolute Gasteiger partial charge is 0.478 e. The van der Waals surface area contributed by atoms with Crippen LogP contribution in [0.5, 0.6) is 0 Å². The average molecular weight is 344 g/mol. The minimum atomic E-state index is -1.07. The van der Waals surface area contributed by atoms with Gasteiger partial charge < -0.3 is 15.2 Å². The van der Waals surface area contributed by atoms with Crippen molar-refractivity contribution >= 4 is 11.9 Å². The zero-order valence-corrected chi connectivity index (χ0v) is 13.9. The Morgan fingerprint density at radius 1 is 1.40 bits per heavy atom.